The molecule has 2 aliphatic rings. The molecule has 0 unspecified atom stereocenters. The second-order valence-corrected chi connectivity index (χ2v) is 2.95. The zero-order valence-corrected chi connectivity index (χ0v) is 8.21. The van der Waals surface area contributed by atoms with Crippen molar-refractivity contribution in [2.75, 3.05) is 13.2 Å². The maximum Gasteiger partial charge on any atom is 0.227 e. The maximum absolute atomic E-state index is 10.1. The lowest BCUT2D eigenvalue weighted by Crippen LogP contribution is -2.18. The Hall–Kier alpha value is -1.39. The van der Waals surface area contributed by atoms with Crippen LogP contribution in [0.5, 0.6) is 0 Å². The Morgan fingerprint density at radius 1 is 1.36 bits per heavy atom. The van der Waals surface area contributed by atoms with E-state index in [1.165, 1.54) is 0 Å². The number of ether oxygens (including phenoxy) is 1. The van der Waals surface area contributed by atoms with E-state index in [4.69, 9.17) is 4.74 Å². The van der Waals surface area contributed by atoms with Gasteiger partial charge in [0.05, 0.1) is 6.54 Å². The van der Waals surface area contributed by atoms with Crippen LogP contribution in [0.4, 0.5) is 0 Å². The summed E-state index contributed by atoms with van der Waals surface area (Å²) >= 11 is 0. The molecule has 2 aliphatic heterocycles. The van der Waals surface area contributed by atoms with Crippen molar-refractivity contribution in [1.29, 1.82) is 0 Å². The van der Waals surface area contributed by atoms with Crippen molar-refractivity contribution in [2.24, 2.45) is 4.99 Å². The summed E-state index contributed by atoms with van der Waals surface area (Å²) in [5.41, 5.74) is 0. The van der Waals surface area contributed by atoms with Crippen molar-refractivity contribution < 1.29 is 14.3 Å². The number of imide groups is 1. The number of aliphatic imine (C=N–C) groups is 1. The number of rotatable bonds is 1. The average molecular weight is 198 g/mol. The molecule has 0 spiro atoms. The van der Waals surface area contributed by atoms with Crippen molar-refractivity contribution in [1.82, 2.24) is 5.32 Å². The van der Waals surface area contributed by atoms with Crippen molar-refractivity contribution in [2.45, 2.75) is 26.2 Å². The van der Waals surface area contributed by atoms with Gasteiger partial charge in [0.2, 0.25) is 11.8 Å². The van der Waals surface area contributed by atoms with Crippen molar-refractivity contribution >= 4 is 17.7 Å². The first-order chi connectivity index (χ1) is 6.72. The highest BCUT2D eigenvalue weighted by atomic mass is 16.5. The first-order valence-corrected chi connectivity index (χ1v) is 4.71. The van der Waals surface area contributed by atoms with Crippen LogP contribution in [0.25, 0.3) is 0 Å². The molecule has 0 aromatic carbocycles. The third kappa shape index (κ3) is 3.55. The van der Waals surface area contributed by atoms with Gasteiger partial charge in [0.25, 0.3) is 0 Å². The van der Waals surface area contributed by atoms with Gasteiger partial charge in [-0.25, -0.2) is 0 Å². The summed E-state index contributed by atoms with van der Waals surface area (Å²) in [5.74, 6) is 0.620. The normalized spacial score (nSPS) is 19.4. The molecule has 2 amide bonds. The van der Waals surface area contributed by atoms with Crippen LogP contribution in [0.2, 0.25) is 0 Å². The highest BCUT2D eigenvalue weighted by Crippen LogP contribution is 1.96. The number of amides is 2. The van der Waals surface area contributed by atoms with E-state index in [0.29, 0.717) is 12.8 Å². The van der Waals surface area contributed by atoms with Gasteiger partial charge in [0, 0.05) is 19.3 Å². The van der Waals surface area contributed by atoms with Crippen molar-refractivity contribution in [3.63, 3.8) is 0 Å². The van der Waals surface area contributed by atoms with E-state index in [0.717, 1.165) is 25.5 Å². The van der Waals surface area contributed by atoms with Crippen LogP contribution >= 0.6 is 0 Å². The molecule has 5 heteroatoms. The number of carbonyl (C=O) groups excluding carboxylic acids is 2. The smallest absolute Gasteiger partial charge is 0.227 e. The lowest BCUT2D eigenvalue weighted by atomic mass is 10.4. The fraction of sp³-hybridized carbons (Fsp3) is 0.667. The molecule has 0 bridgehead atoms. The predicted molar refractivity (Wildman–Crippen MR) is 50.9 cm³/mol. The fourth-order valence-corrected chi connectivity index (χ4v) is 1.10. The Labute approximate surface area is 82.5 Å². The van der Waals surface area contributed by atoms with E-state index in [-0.39, 0.29) is 11.8 Å². The van der Waals surface area contributed by atoms with E-state index in [1.807, 2.05) is 6.92 Å². The van der Waals surface area contributed by atoms with E-state index < -0.39 is 0 Å². The minimum Gasteiger partial charge on any atom is -0.479 e. The largest absolute Gasteiger partial charge is 0.479 e. The first-order valence-electron chi connectivity index (χ1n) is 4.71. The summed E-state index contributed by atoms with van der Waals surface area (Å²) in [4.78, 5) is 24.3. The van der Waals surface area contributed by atoms with Crippen LogP contribution in [-0.4, -0.2) is 30.9 Å². The van der Waals surface area contributed by atoms with E-state index >= 15 is 0 Å². The average Bonchev–Trinajstić information content (AvgIpc) is 2.78. The standard InChI is InChI=1S/C5H9NO.C4H5NO2/c1-2-5-6-3-4-7-5;6-3-1-2-4(7)5-3/h2-4H2,1H3;1-2H2,(H,5,6,7). The Morgan fingerprint density at radius 3 is 2.21 bits per heavy atom. The molecule has 0 aromatic rings. The maximum atomic E-state index is 10.1. The zero-order valence-electron chi connectivity index (χ0n) is 8.21. The van der Waals surface area contributed by atoms with Gasteiger partial charge in [-0.3, -0.25) is 19.9 Å². The van der Waals surface area contributed by atoms with Gasteiger partial charge >= 0.3 is 0 Å². The molecule has 1 N–H and O–H groups in total. The van der Waals surface area contributed by atoms with Gasteiger partial charge in [-0.2, -0.15) is 0 Å². The fourth-order valence-electron chi connectivity index (χ4n) is 1.10. The van der Waals surface area contributed by atoms with Crippen molar-refractivity contribution in [3.05, 3.63) is 0 Å². The molecular formula is C9H14N2O3. The summed E-state index contributed by atoms with van der Waals surface area (Å²) < 4.78 is 5.05. The summed E-state index contributed by atoms with van der Waals surface area (Å²) in [6.45, 7) is 3.70. The lowest BCUT2D eigenvalue weighted by molar-refractivity contribution is -0.124. The van der Waals surface area contributed by atoms with Crippen LogP contribution < -0.4 is 5.32 Å². The quantitative estimate of drug-likeness (QED) is 0.614. The number of hydrogen-bond acceptors (Lipinski definition) is 4. The molecule has 2 heterocycles. The van der Waals surface area contributed by atoms with Gasteiger partial charge in [0.1, 0.15) is 6.61 Å². The van der Waals surface area contributed by atoms with Gasteiger partial charge in [-0.1, -0.05) is 6.92 Å². The van der Waals surface area contributed by atoms with Crippen molar-refractivity contribution in [3.8, 4) is 0 Å². The molecule has 78 valence electrons. The van der Waals surface area contributed by atoms with Crippen LogP contribution in [0.15, 0.2) is 4.99 Å². The minimum absolute atomic E-state index is 0.148. The summed E-state index contributed by atoms with van der Waals surface area (Å²) in [7, 11) is 0. The van der Waals surface area contributed by atoms with Gasteiger partial charge < -0.3 is 4.74 Å². The molecule has 2 rings (SSSR count). The third-order valence-electron chi connectivity index (χ3n) is 1.81. The molecule has 1 fully saturated rings. The first kappa shape index (κ1) is 10.7. The monoisotopic (exact) mass is 198 g/mol. The molecule has 0 saturated carbocycles. The number of carbonyl (C=O) groups is 2. The SMILES string of the molecule is CCC1=NCCO1.O=C1CCC(=O)N1. The van der Waals surface area contributed by atoms with Crippen LogP contribution in [0, 0.1) is 0 Å². The van der Waals surface area contributed by atoms with Gasteiger partial charge in [-0.05, 0) is 0 Å². The van der Waals surface area contributed by atoms with Gasteiger partial charge in [-0.15, -0.1) is 0 Å². The molecule has 0 atom stereocenters. The van der Waals surface area contributed by atoms with E-state index in [2.05, 4.69) is 10.3 Å². The zero-order chi connectivity index (χ0) is 10.4. The third-order valence-corrected chi connectivity index (χ3v) is 1.81. The Balaban J connectivity index is 0.000000140. The van der Waals surface area contributed by atoms with E-state index in [9.17, 15) is 9.59 Å². The predicted octanol–water partition coefficient (Wildman–Crippen LogP) is 0.248. The van der Waals surface area contributed by atoms with Gasteiger partial charge in [0.15, 0.2) is 5.90 Å². The molecular weight excluding hydrogens is 184 g/mol. The molecule has 0 aromatic heterocycles. The molecule has 0 radical (unpaired) electrons. The topological polar surface area (TPSA) is 67.8 Å². The summed E-state index contributed by atoms with van der Waals surface area (Å²) in [6, 6.07) is 0. The minimum atomic E-state index is -0.148. The number of nitrogens with zero attached hydrogens (tertiary/aromatic N) is 1. The Bertz CT molecular complexity index is 247. The second kappa shape index (κ2) is 5.36. The second-order valence-electron chi connectivity index (χ2n) is 2.95. The highest BCUT2D eigenvalue weighted by molar-refractivity contribution is 6.01. The molecule has 0 aliphatic carbocycles. The Morgan fingerprint density at radius 2 is 2.00 bits per heavy atom. The number of hydrogen-bond donors (Lipinski definition) is 1. The van der Waals surface area contributed by atoms with Crippen LogP contribution in [0.1, 0.15) is 26.2 Å². The molecule has 14 heavy (non-hydrogen) atoms. The highest BCUT2D eigenvalue weighted by Gasteiger charge is 2.15. The summed E-state index contributed by atoms with van der Waals surface area (Å²) in [6.07, 6.45) is 1.69. The molecule has 5 nitrogen and oxygen atoms in total. The Kier molecular flexibility index (Phi) is 4.10. The van der Waals surface area contributed by atoms with E-state index in [1.54, 1.807) is 0 Å². The van der Waals surface area contributed by atoms with Crippen LogP contribution in [0.3, 0.4) is 0 Å². The number of nitrogens with one attached hydrogen (secondary N) is 1. The molecule has 1 saturated heterocycles. The van der Waals surface area contributed by atoms with Crippen LogP contribution in [-0.2, 0) is 14.3 Å². The lowest BCUT2D eigenvalue weighted by Gasteiger charge is -1.91. The summed E-state index contributed by atoms with van der Waals surface area (Å²) in [5, 5.41) is 2.14.